The zero-order chi connectivity index (χ0) is 9.68. The molecular formula is C8H14N2O3. The highest BCUT2D eigenvalue weighted by molar-refractivity contribution is 5.87. The maximum absolute atomic E-state index is 11.1. The number of ether oxygens (including phenoxy) is 1. The van der Waals surface area contributed by atoms with Gasteiger partial charge in [-0.25, -0.2) is 0 Å². The monoisotopic (exact) mass is 186 g/mol. The van der Waals surface area contributed by atoms with Crippen molar-refractivity contribution in [3.05, 3.63) is 12.2 Å². The predicted octanol–water partition coefficient (Wildman–Crippen LogP) is -1.62. The second kappa shape index (κ2) is 4.96. The molecule has 1 rings (SSSR count). The lowest BCUT2D eigenvalue weighted by Crippen LogP contribution is -2.41. The number of rotatable bonds is 3. The van der Waals surface area contributed by atoms with Crippen molar-refractivity contribution in [3.63, 3.8) is 0 Å². The standard InChI is InChI=1S/C8H14N2O3/c9-3-1-2-8(12)10-6-4-13-5-7(6)11/h1-2,6-7,11H,3-5,9H2,(H,10,12)/b2-1+. The number of aliphatic hydroxyl groups excluding tert-OH is 1. The lowest BCUT2D eigenvalue weighted by atomic mass is 10.2. The van der Waals surface area contributed by atoms with E-state index >= 15 is 0 Å². The van der Waals surface area contributed by atoms with Crippen molar-refractivity contribution in [2.24, 2.45) is 5.73 Å². The van der Waals surface area contributed by atoms with Gasteiger partial charge in [-0.05, 0) is 0 Å². The first-order valence-corrected chi connectivity index (χ1v) is 4.17. The number of nitrogens with two attached hydrogens (primary N) is 1. The Morgan fingerprint density at radius 1 is 1.69 bits per heavy atom. The molecular weight excluding hydrogens is 172 g/mol. The third-order valence-corrected chi connectivity index (χ3v) is 1.78. The number of carbonyl (C=O) groups is 1. The van der Waals surface area contributed by atoms with Crippen LogP contribution in [-0.4, -0.2) is 42.9 Å². The quantitative estimate of drug-likeness (QED) is 0.462. The molecule has 2 unspecified atom stereocenters. The zero-order valence-electron chi connectivity index (χ0n) is 7.27. The number of nitrogens with one attached hydrogen (secondary N) is 1. The van der Waals surface area contributed by atoms with Crippen LogP contribution in [0.4, 0.5) is 0 Å². The fraction of sp³-hybridized carbons (Fsp3) is 0.625. The first-order chi connectivity index (χ1) is 6.24. The summed E-state index contributed by atoms with van der Waals surface area (Å²) in [7, 11) is 0. The van der Waals surface area contributed by atoms with Crippen LogP contribution in [-0.2, 0) is 9.53 Å². The smallest absolute Gasteiger partial charge is 0.244 e. The Balaban J connectivity index is 2.31. The second-order valence-electron chi connectivity index (χ2n) is 2.86. The van der Waals surface area contributed by atoms with E-state index in [0.717, 1.165) is 0 Å². The number of hydrogen-bond acceptors (Lipinski definition) is 4. The summed E-state index contributed by atoms with van der Waals surface area (Å²) in [5.74, 6) is -0.250. The molecule has 0 spiro atoms. The maximum atomic E-state index is 11.1. The van der Waals surface area contributed by atoms with Crippen LogP contribution >= 0.6 is 0 Å². The van der Waals surface area contributed by atoms with Gasteiger partial charge in [0.25, 0.3) is 0 Å². The van der Waals surface area contributed by atoms with Crippen molar-refractivity contribution >= 4 is 5.91 Å². The molecule has 1 amide bonds. The molecule has 1 fully saturated rings. The molecule has 5 heteroatoms. The lowest BCUT2D eigenvalue weighted by molar-refractivity contribution is -0.117. The third-order valence-electron chi connectivity index (χ3n) is 1.78. The number of aliphatic hydroxyl groups is 1. The van der Waals surface area contributed by atoms with Crippen LogP contribution in [0, 0.1) is 0 Å². The summed E-state index contributed by atoms with van der Waals surface area (Å²) in [6.45, 7) is 0.978. The average Bonchev–Trinajstić information content (AvgIpc) is 2.48. The van der Waals surface area contributed by atoms with Crippen LogP contribution in [0.2, 0.25) is 0 Å². The topological polar surface area (TPSA) is 84.6 Å². The Bertz CT molecular complexity index is 206. The lowest BCUT2D eigenvalue weighted by Gasteiger charge is -2.12. The van der Waals surface area contributed by atoms with Gasteiger partial charge < -0.3 is 20.9 Å². The highest BCUT2D eigenvalue weighted by Gasteiger charge is 2.26. The number of carbonyl (C=O) groups excluding carboxylic acids is 1. The van der Waals surface area contributed by atoms with E-state index in [0.29, 0.717) is 13.2 Å². The minimum absolute atomic E-state index is 0.250. The molecule has 0 saturated carbocycles. The van der Waals surface area contributed by atoms with Crippen molar-refractivity contribution in [1.29, 1.82) is 0 Å². The Morgan fingerprint density at radius 2 is 2.46 bits per heavy atom. The third kappa shape index (κ3) is 3.14. The Hall–Kier alpha value is -0.910. The van der Waals surface area contributed by atoms with Gasteiger partial charge in [0.1, 0.15) is 0 Å². The highest BCUT2D eigenvalue weighted by atomic mass is 16.5. The summed E-state index contributed by atoms with van der Waals surface area (Å²) < 4.78 is 4.96. The summed E-state index contributed by atoms with van der Waals surface area (Å²) in [6.07, 6.45) is 2.30. The molecule has 0 aromatic heterocycles. The summed E-state index contributed by atoms with van der Waals surface area (Å²) in [5.41, 5.74) is 5.17. The van der Waals surface area contributed by atoms with E-state index in [2.05, 4.69) is 5.32 Å². The molecule has 74 valence electrons. The van der Waals surface area contributed by atoms with E-state index in [4.69, 9.17) is 10.5 Å². The molecule has 1 aliphatic rings. The maximum Gasteiger partial charge on any atom is 0.244 e. The van der Waals surface area contributed by atoms with E-state index in [1.807, 2.05) is 0 Å². The van der Waals surface area contributed by atoms with E-state index in [9.17, 15) is 9.90 Å². The van der Waals surface area contributed by atoms with Crippen molar-refractivity contribution < 1.29 is 14.6 Å². The van der Waals surface area contributed by atoms with Crippen LogP contribution in [0.3, 0.4) is 0 Å². The Morgan fingerprint density at radius 3 is 3.00 bits per heavy atom. The molecule has 2 atom stereocenters. The van der Waals surface area contributed by atoms with Gasteiger partial charge in [-0.15, -0.1) is 0 Å². The first kappa shape index (κ1) is 10.2. The summed E-state index contributed by atoms with van der Waals surface area (Å²) in [6, 6.07) is -0.296. The van der Waals surface area contributed by atoms with Gasteiger partial charge in [0.05, 0.1) is 25.4 Å². The van der Waals surface area contributed by atoms with Gasteiger partial charge in [0.15, 0.2) is 0 Å². The molecule has 1 aliphatic heterocycles. The van der Waals surface area contributed by atoms with Crippen molar-refractivity contribution in [2.45, 2.75) is 12.1 Å². The molecule has 0 aromatic rings. The van der Waals surface area contributed by atoms with E-state index in [1.54, 1.807) is 6.08 Å². The number of hydrogen-bond donors (Lipinski definition) is 3. The Labute approximate surface area is 76.6 Å². The van der Waals surface area contributed by atoms with Crippen LogP contribution in [0.15, 0.2) is 12.2 Å². The van der Waals surface area contributed by atoms with Crippen LogP contribution in [0.1, 0.15) is 0 Å². The van der Waals surface area contributed by atoms with Crippen molar-refractivity contribution in [2.75, 3.05) is 19.8 Å². The van der Waals surface area contributed by atoms with Gasteiger partial charge in [0, 0.05) is 12.6 Å². The second-order valence-corrected chi connectivity index (χ2v) is 2.86. The molecule has 0 bridgehead atoms. The van der Waals surface area contributed by atoms with Gasteiger partial charge >= 0.3 is 0 Å². The number of amides is 1. The summed E-state index contributed by atoms with van der Waals surface area (Å²) in [4.78, 5) is 11.1. The van der Waals surface area contributed by atoms with Gasteiger partial charge in [-0.1, -0.05) is 6.08 Å². The van der Waals surface area contributed by atoms with E-state index in [1.165, 1.54) is 6.08 Å². The SMILES string of the molecule is NC/C=C/C(=O)NC1COCC1O. The van der Waals surface area contributed by atoms with E-state index < -0.39 is 6.10 Å². The molecule has 0 radical (unpaired) electrons. The highest BCUT2D eigenvalue weighted by Crippen LogP contribution is 2.04. The van der Waals surface area contributed by atoms with Crippen LogP contribution < -0.4 is 11.1 Å². The fourth-order valence-corrected chi connectivity index (χ4v) is 1.09. The van der Waals surface area contributed by atoms with Crippen molar-refractivity contribution in [3.8, 4) is 0 Å². The van der Waals surface area contributed by atoms with Gasteiger partial charge in [-0.3, -0.25) is 4.79 Å². The Kier molecular flexibility index (Phi) is 3.88. The van der Waals surface area contributed by atoms with E-state index in [-0.39, 0.29) is 18.6 Å². The predicted molar refractivity (Wildman–Crippen MR) is 47.0 cm³/mol. The summed E-state index contributed by atoms with van der Waals surface area (Å²) >= 11 is 0. The minimum atomic E-state index is -0.602. The zero-order valence-corrected chi connectivity index (χ0v) is 7.27. The largest absolute Gasteiger partial charge is 0.388 e. The van der Waals surface area contributed by atoms with Gasteiger partial charge in [-0.2, -0.15) is 0 Å². The fourth-order valence-electron chi connectivity index (χ4n) is 1.09. The average molecular weight is 186 g/mol. The van der Waals surface area contributed by atoms with Gasteiger partial charge in [0.2, 0.25) is 5.91 Å². The van der Waals surface area contributed by atoms with Crippen LogP contribution in [0.25, 0.3) is 0 Å². The molecule has 13 heavy (non-hydrogen) atoms. The molecule has 0 aliphatic carbocycles. The molecule has 4 N–H and O–H groups in total. The first-order valence-electron chi connectivity index (χ1n) is 4.17. The van der Waals surface area contributed by atoms with Crippen LogP contribution in [0.5, 0.6) is 0 Å². The molecule has 1 saturated heterocycles. The molecule has 0 aromatic carbocycles. The minimum Gasteiger partial charge on any atom is -0.388 e. The van der Waals surface area contributed by atoms with Crippen molar-refractivity contribution in [1.82, 2.24) is 5.32 Å². The normalized spacial score (nSPS) is 28.2. The molecule has 1 heterocycles. The molecule has 5 nitrogen and oxygen atoms in total. The summed E-state index contributed by atoms with van der Waals surface area (Å²) in [5, 5.41) is 11.9.